The van der Waals surface area contributed by atoms with E-state index in [1.165, 1.54) is 0 Å². The Hall–Kier alpha value is -1.69. The monoisotopic (exact) mass is 581 g/mol. The van der Waals surface area contributed by atoms with Crippen LogP contribution < -0.4 is 0 Å². The first-order valence-electron chi connectivity index (χ1n) is 15.1. The first-order chi connectivity index (χ1) is 19.2. The maximum absolute atomic E-state index is 13.2. The quantitative estimate of drug-likeness (QED) is 0.274. The SMILES string of the molecule is CC[C@@H]1OC(=O)C[C@@H](O)[C@@H](C)[C@@H](O[C@H]2O[C@@H](C)C[C@@H](N(C)C)[C@H]2O)[C@@H](CC=O)C[C@@H](C)C(=O)/C=C\[C@]2(C)O[C@@H]2[C@H]1C. The van der Waals surface area contributed by atoms with Crippen LogP contribution in [0.5, 0.6) is 0 Å². The number of hydrogen-bond acceptors (Lipinski definition) is 10. The predicted molar refractivity (Wildman–Crippen MR) is 152 cm³/mol. The summed E-state index contributed by atoms with van der Waals surface area (Å²) in [4.78, 5) is 40.0. The van der Waals surface area contributed by atoms with Crippen molar-refractivity contribution in [1.29, 1.82) is 0 Å². The fourth-order valence-corrected chi connectivity index (χ4v) is 6.50. The molecule has 0 bridgehead atoms. The van der Waals surface area contributed by atoms with Crippen LogP contribution in [0.25, 0.3) is 0 Å². The summed E-state index contributed by atoms with van der Waals surface area (Å²) in [5, 5.41) is 22.4. The third kappa shape index (κ3) is 8.24. The lowest BCUT2D eigenvalue weighted by Crippen LogP contribution is -2.56. The third-order valence-corrected chi connectivity index (χ3v) is 9.29. The number of fused-ring (bicyclic) bond motifs is 1. The number of cyclic esters (lactones) is 1. The maximum atomic E-state index is 13.2. The molecule has 0 aliphatic carbocycles. The van der Waals surface area contributed by atoms with Crippen LogP contribution in [0, 0.1) is 23.7 Å². The first kappa shape index (κ1) is 33.8. The summed E-state index contributed by atoms with van der Waals surface area (Å²) in [6.07, 6.45) is 0.627. The zero-order valence-corrected chi connectivity index (χ0v) is 25.9. The molecule has 10 heteroatoms. The molecule has 0 radical (unpaired) electrons. The summed E-state index contributed by atoms with van der Waals surface area (Å²) in [7, 11) is 3.76. The molecular weight excluding hydrogens is 530 g/mol. The second-order valence-electron chi connectivity index (χ2n) is 12.9. The van der Waals surface area contributed by atoms with E-state index < -0.39 is 60.0 Å². The van der Waals surface area contributed by atoms with Gasteiger partial charge in [-0.1, -0.05) is 27.7 Å². The van der Waals surface area contributed by atoms with Gasteiger partial charge in [-0.2, -0.15) is 0 Å². The summed E-state index contributed by atoms with van der Waals surface area (Å²) in [6, 6.07) is -0.219. The number of aliphatic hydroxyl groups excluding tert-OH is 2. The number of esters is 1. The average Bonchev–Trinajstić information content (AvgIpc) is 3.60. The highest BCUT2D eigenvalue weighted by Crippen LogP contribution is 2.45. The summed E-state index contributed by atoms with van der Waals surface area (Å²) in [5.74, 6) is -2.32. The van der Waals surface area contributed by atoms with Gasteiger partial charge in [0.25, 0.3) is 0 Å². The van der Waals surface area contributed by atoms with E-state index in [9.17, 15) is 24.6 Å². The molecule has 3 heterocycles. The molecule has 234 valence electrons. The largest absolute Gasteiger partial charge is 0.462 e. The van der Waals surface area contributed by atoms with Crippen molar-refractivity contribution < 1.29 is 43.5 Å². The molecule has 0 spiro atoms. The maximum Gasteiger partial charge on any atom is 0.308 e. The predicted octanol–water partition coefficient (Wildman–Crippen LogP) is 2.67. The number of allylic oxidation sites excluding steroid dienone is 1. The van der Waals surface area contributed by atoms with Gasteiger partial charge in [-0.3, -0.25) is 9.59 Å². The zero-order valence-electron chi connectivity index (χ0n) is 25.9. The molecule has 0 saturated carbocycles. The second-order valence-corrected chi connectivity index (χ2v) is 12.9. The number of likely N-dealkylation sites (N-methyl/N-ethyl adjacent to an activating group) is 1. The van der Waals surface area contributed by atoms with Crippen molar-refractivity contribution >= 4 is 18.0 Å². The van der Waals surface area contributed by atoms with Gasteiger partial charge in [-0.15, -0.1) is 0 Å². The Morgan fingerprint density at radius 2 is 1.80 bits per heavy atom. The van der Waals surface area contributed by atoms with Crippen LogP contribution in [0.2, 0.25) is 0 Å². The molecular formula is C31H51NO9. The molecule has 3 rings (SSSR count). The molecule has 0 amide bonds. The van der Waals surface area contributed by atoms with Crippen molar-refractivity contribution in [3.8, 4) is 0 Å². The Morgan fingerprint density at radius 1 is 1.12 bits per heavy atom. The van der Waals surface area contributed by atoms with Gasteiger partial charge in [0.15, 0.2) is 12.1 Å². The topological polar surface area (TPSA) is 135 Å². The smallest absolute Gasteiger partial charge is 0.308 e. The second kappa shape index (κ2) is 14.2. The number of nitrogens with zero attached hydrogens (tertiary/aromatic N) is 1. The van der Waals surface area contributed by atoms with Gasteiger partial charge in [0, 0.05) is 30.2 Å². The lowest BCUT2D eigenvalue weighted by molar-refractivity contribution is -0.283. The van der Waals surface area contributed by atoms with Crippen LogP contribution in [0.3, 0.4) is 0 Å². The van der Waals surface area contributed by atoms with Crippen LogP contribution >= 0.6 is 0 Å². The zero-order chi connectivity index (χ0) is 30.6. The van der Waals surface area contributed by atoms with Gasteiger partial charge in [0.2, 0.25) is 0 Å². The van der Waals surface area contributed by atoms with E-state index in [1.54, 1.807) is 19.1 Å². The Labute approximate surface area is 244 Å². The van der Waals surface area contributed by atoms with E-state index in [0.29, 0.717) is 19.3 Å². The van der Waals surface area contributed by atoms with Crippen molar-refractivity contribution in [2.75, 3.05) is 14.1 Å². The van der Waals surface area contributed by atoms with Crippen molar-refractivity contribution in [1.82, 2.24) is 4.90 Å². The molecule has 0 aromatic rings. The van der Waals surface area contributed by atoms with Crippen LogP contribution in [0.1, 0.15) is 73.6 Å². The van der Waals surface area contributed by atoms with Gasteiger partial charge in [-0.25, -0.2) is 0 Å². The molecule has 2 saturated heterocycles. The van der Waals surface area contributed by atoms with Crippen molar-refractivity contribution in [3.63, 3.8) is 0 Å². The molecule has 10 nitrogen and oxygen atoms in total. The van der Waals surface area contributed by atoms with Crippen molar-refractivity contribution in [3.05, 3.63) is 12.2 Å². The van der Waals surface area contributed by atoms with Gasteiger partial charge < -0.3 is 38.9 Å². The first-order valence-corrected chi connectivity index (χ1v) is 15.1. The molecule has 13 atom stereocenters. The Balaban J connectivity index is 1.95. The number of carbonyl (C=O) groups is 3. The highest BCUT2D eigenvalue weighted by Gasteiger charge is 2.55. The summed E-state index contributed by atoms with van der Waals surface area (Å²) in [6.45, 7) is 11.3. The Morgan fingerprint density at radius 3 is 2.41 bits per heavy atom. The van der Waals surface area contributed by atoms with Gasteiger partial charge >= 0.3 is 5.97 Å². The third-order valence-electron chi connectivity index (χ3n) is 9.29. The molecule has 41 heavy (non-hydrogen) atoms. The Bertz CT molecular complexity index is 941. The van der Waals surface area contributed by atoms with Crippen LogP contribution in [-0.2, 0) is 33.3 Å². The lowest BCUT2D eigenvalue weighted by Gasteiger charge is -2.44. The van der Waals surface area contributed by atoms with Gasteiger partial charge in [0.1, 0.15) is 24.1 Å². The molecule has 0 aromatic heterocycles. The fourth-order valence-electron chi connectivity index (χ4n) is 6.50. The summed E-state index contributed by atoms with van der Waals surface area (Å²) in [5.41, 5.74) is -0.637. The Kier molecular flexibility index (Phi) is 11.7. The van der Waals surface area contributed by atoms with Crippen LogP contribution in [-0.4, -0.2) is 102 Å². The number of rotatable bonds is 6. The molecule has 3 aliphatic heterocycles. The molecule has 3 aliphatic rings. The van der Waals surface area contributed by atoms with Crippen LogP contribution in [0.4, 0.5) is 0 Å². The highest BCUT2D eigenvalue weighted by atomic mass is 16.7. The van der Waals surface area contributed by atoms with Crippen molar-refractivity contribution in [2.45, 2.75) is 128 Å². The van der Waals surface area contributed by atoms with Gasteiger partial charge in [-0.05, 0) is 65.3 Å². The minimum Gasteiger partial charge on any atom is -0.462 e. The van der Waals surface area contributed by atoms with Gasteiger partial charge in [0.05, 0.1) is 30.8 Å². The standard InChI is InChI=1S/C31H51NO9/c1-9-25-20(5)29-31(6,41-29)12-10-23(34)17(2)14-21(11-13-33)28(19(4)24(35)16-26(36)39-25)40-30-27(37)22(32(7)8)15-18(3)38-30/h10,12-13,17-22,24-25,27-30,35,37H,9,11,14-16H2,1-8H3/b12-10-/t17-,18+,19-,20+,21+,22-,24-,25+,27-,28-,29-,30-,31+/m1/s1. The molecule has 2 fully saturated rings. The van der Waals surface area contributed by atoms with E-state index in [4.69, 9.17) is 18.9 Å². The lowest BCUT2D eigenvalue weighted by atomic mass is 9.79. The summed E-state index contributed by atoms with van der Waals surface area (Å²) >= 11 is 0. The molecule has 2 N–H and O–H groups in total. The van der Waals surface area contributed by atoms with E-state index in [1.807, 2.05) is 53.6 Å². The minimum absolute atomic E-state index is 0.0707. The van der Waals surface area contributed by atoms with Crippen molar-refractivity contribution in [2.24, 2.45) is 23.7 Å². The number of ether oxygens (including phenoxy) is 4. The number of epoxide rings is 1. The highest BCUT2D eigenvalue weighted by molar-refractivity contribution is 5.91. The number of ketones is 1. The average molecular weight is 582 g/mol. The van der Waals surface area contributed by atoms with E-state index >= 15 is 0 Å². The number of carbonyl (C=O) groups excluding carboxylic acids is 3. The number of aliphatic hydroxyl groups is 2. The molecule has 0 unspecified atom stereocenters. The van der Waals surface area contributed by atoms with E-state index in [0.717, 1.165) is 6.29 Å². The fraction of sp³-hybridized carbons (Fsp3) is 0.839. The number of hydrogen-bond donors (Lipinski definition) is 2. The van der Waals surface area contributed by atoms with E-state index in [-0.39, 0.29) is 42.8 Å². The van der Waals surface area contributed by atoms with Crippen LogP contribution in [0.15, 0.2) is 12.2 Å². The van der Waals surface area contributed by atoms with E-state index in [2.05, 4.69) is 0 Å². The summed E-state index contributed by atoms with van der Waals surface area (Å²) < 4.78 is 24.2. The number of aldehydes is 1. The minimum atomic E-state index is -1.15. The normalized spacial score (nSPS) is 45.5. The molecule has 0 aromatic carbocycles.